The van der Waals surface area contributed by atoms with Crippen molar-refractivity contribution in [2.45, 2.75) is 71.4 Å². The van der Waals surface area contributed by atoms with Crippen molar-refractivity contribution in [2.24, 2.45) is 0 Å². The van der Waals surface area contributed by atoms with Crippen molar-refractivity contribution in [2.75, 3.05) is 0 Å². The molecule has 0 aliphatic heterocycles. The Labute approximate surface area is 79.4 Å². The molecular formula is C11H25B. The van der Waals surface area contributed by atoms with E-state index in [2.05, 4.69) is 27.7 Å². The lowest BCUT2D eigenvalue weighted by Gasteiger charge is -2.14. The molecule has 0 amide bonds. The highest BCUT2D eigenvalue weighted by molar-refractivity contribution is 6.39. The van der Waals surface area contributed by atoms with Crippen LogP contribution in [0, 0.1) is 0 Å². The van der Waals surface area contributed by atoms with Gasteiger partial charge in [-0.25, -0.2) is 0 Å². The lowest BCUT2D eigenvalue weighted by Crippen LogP contribution is -2.06. The largest absolute Gasteiger partial charge is 0.126 e. The molecule has 1 heteroatoms. The molecule has 0 nitrogen and oxygen atoms in total. The van der Waals surface area contributed by atoms with Crippen LogP contribution in [0.15, 0.2) is 0 Å². The fourth-order valence-electron chi connectivity index (χ4n) is 1.84. The van der Waals surface area contributed by atoms with Crippen LogP contribution >= 0.6 is 0 Å². The minimum atomic E-state index is 0.886. The molecule has 0 radical (unpaired) electrons. The monoisotopic (exact) mass is 168 g/mol. The fourth-order valence-corrected chi connectivity index (χ4v) is 1.84. The Balaban J connectivity index is 3.39. The van der Waals surface area contributed by atoms with Crippen molar-refractivity contribution in [1.29, 1.82) is 0 Å². The normalized spacial score (nSPS) is 13.4. The second-order valence-corrected chi connectivity index (χ2v) is 4.40. The summed E-state index contributed by atoms with van der Waals surface area (Å²) >= 11 is 0. The van der Waals surface area contributed by atoms with E-state index in [1.165, 1.54) is 39.4 Å². The van der Waals surface area contributed by atoms with Gasteiger partial charge in [0.25, 0.3) is 0 Å². The zero-order chi connectivity index (χ0) is 9.40. The van der Waals surface area contributed by atoms with Crippen molar-refractivity contribution in [3.05, 3.63) is 0 Å². The Morgan fingerprint density at radius 2 is 1.75 bits per heavy atom. The lowest BCUT2D eigenvalue weighted by atomic mass is 9.54. The van der Waals surface area contributed by atoms with Crippen LogP contribution in [0.4, 0.5) is 0 Å². The van der Waals surface area contributed by atoms with E-state index >= 15 is 0 Å². The predicted molar refractivity (Wildman–Crippen MR) is 60.4 cm³/mol. The molecule has 0 N–H and O–H groups in total. The average Bonchev–Trinajstić information content (AvgIpc) is 2.02. The zero-order valence-corrected chi connectivity index (χ0v) is 9.40. The molecule has 1 atom stereocenters. The first kappa shape index (κ1) is 12.1. The number of rotatable bonds is 7. The van der Waals surface area contributed by atoms with Crippen LogP contribution in [0.3, 0.4) is 0 Å². The van der Waals surface area contributed by atoms with Gasteiger partial charge in [-0.15, -0.1) is 0 Å². The molecule has 0 aromatic heterocycles. The first-order valence-electron chi connectivity index (χ1n) is 5.70. The van der Waals surface area contributed by atoms with Crippen LogP contribution in [0.1, 0.15) is 59.8 Å². The fraction of sp³-hybridized carbons (Fsp3) is 1.00. The highest BCUT2D eigenvalue weighted by atomic mass is 14.0. The van der Waals surface area contributed by atoms with E-state index in [0.29, 0.717) is 0 Å². The minimum Gasteiger partial charge on any atom is -0.0710 e. The molecule has 0 fully saturated rings. The Kier molecular flexibility index (Phi) is 7.74. The Bertz CT molecular complexity index is 89.0. The smallest absolute Gasteiger partial charge is 0.0710 e. The molecule has 0 saturated carbocycles. The Hall–Kier alpha value is 0.0649. The molecule has 1 unspecified atom stereocenters. The Morgan fingerprint density at radius 1 is 1.08 bits per heavy atom. The summed E-state index contributed by atoms with van der Waals surface area (Å²) < 4.78 is 0. The number of hydrogen-bond donors (Lipinski definition) is 0. The van der Waals surface area contributed by atoms with E-state index in [1.54, 1.807) is 0 Å². The highest BCUT2D eigenvalue weighted by Gasteiger charge is 2.09. The summed E-state index contributed by atoms with van der Waals surface area (Å²) in [6.07, 6.45) is 7.07. The molecule has 72 valence electrons. The second-order valence-electron chi connectivity index (χ2n) is 4.40. The van der Waals surface area contributed by atoms with E-state index in [4.69, 9.17) is 0 Å². The van der Waals surface area contributed by atoms with Crippen molar-refractivity contribution in [3.8, 4) is 0 Å². The van der Waals surface area contributed by atoms with Crippen LogP contribution in [0.5, 0.6) is 0 Å². The maximum atomic E-state index is 2.34. The Morgan fingerprint density at radius 3 is 2.17 bits per heavy atom. The van der Waals surface area contributed by atoms with Crippen molar-refractivity contribution in [1.82, 2.24) is 0 Å². The molecule has 0 aromatic rings. The molecule has 0 rings (SSSR count). The molecule has 0 heterocycles. The van der Waals surface area contributed by atoms with Gasteiger partial charge in [-0.1, -0.05) is 71.4 Å². The topological polar surface area (TPSA) is 0 Å². The van der Waals surface area contributed by atoms with Gasteiger partial charge in [0.15, 0.2) is 0 Å². The standard InChI is InChI=1S/C11H25B/c1-5-7-8-9-11(6-2)12-10(3)4/h10-12H,5-9H2,1-4H3. The van der Waals surface area contributed by atoms with Gasteiger partial charge in [0.05, 0.1) is 0 Å². The van der Waals surface area contributed by atoms with Crippen LogP contribution in [0.2, 0.25) is 11.6 Å². The van der Waals surface area contributed by atoms with Gasteiger partial charge in [0, 0.05) is 0 Å². The van der Waals surface area contributed by atoms with Gasteiger partial charge in [0.2, 0.25) is 0 Å². The number of hydrogen-bond acceptors (Lipinski definition) is 0. The van der Waals surface area contributed by atoms with Gasteiger partial charge >= 0.3 is 0 Å². The molecule has 0 aliphatic carbocycles. The van der Waals surface area contributed by atoms with Crippen LogP contribution < -0.4 is 0 Å². The third-order valence-corrected chi connectivity index (χ3v) is 2.60. The minimum absolute atomic E-state index is 0.886. The molecular weight excluding hydrogens is 143 g/mol. The average molecular weight is 168 g/mol. The maximum Gasteiger partial charge on any atom is 0.126 e. The highest BCUT2D eigenvalue weighted by Crippen LogP contribution is 2.22. The summed E-state index contributed by atoms with van der Waals surface area (Å²) in [5.74, 6) is 1.88. The summed E-state index contributed by atoms with van der Waals surface area (Å²) in [7, 11) is 1.43. The quantitative estimate of drug-likeness (QED) is 0.397. The zero-order valence-electron chi connectivity index (χ0n) is 9.40. The third-order valence-electron chi connectivity index (χ3n) is 2.60. The molecule has 12 heavy (non-hydrogen) atoms. The summed E-state index contributed by atoms with van der Waals surface area (Å²) in [4.78, 5) is 0. The van der Waals surface area contributed by atoms with Gasteiger partial charge in [-0.05, 0) is 0 Å². The van der Waals surface area contributed by atoms with Crippen molar-refractivity contribution in [3.63, 3.8) is 0 Å². The molecule has 0 spiro atoms. The van der Waals surface area contributed by atoms with E-state index in [1.807, 2.05) is 0 Å². The van der Waals surface area contributed by atoms with Crippen LogP contribution in [-0.2, 0) is 0 Å². The summed E-state index contributed by atoms with van der Waals surface area (Å²) in [5, 5.41) is 0. The maximum absolute atomic E-state index is 2.34. The second kappa shape index (κ2) is 7.70. The summed E-state index contributed by atoms with van der Waals surface area (Å²) in [5.41, 5.74) is 0. The summed E-state index contributed by atoms with van der Waals surface area (Å²) in [6.45, 7) is 9.29. The summed E-state index contributed by atoms with van der Waals surface area (Å²) in [6, 6.07) is 0. The number of unbranched alkanes of at least 4 members (excludes halogenated alkanes) is 2. The molecule has 0 aromatic carbocycles. The van der Waals surface area contributed by atoms with E-state index < -0.39 is 0 Å². The first-order valence-corrected chi connectivity index (χ1v) is 5.70. The van der Waals surface area contributed by atoms with Crippen molar-refractivity contribution < 1.29 is 0 Å². The molecule has 0 aliphatic rings. The van der Waals surface area contributed by atoms with Gasteiger partial charge in [-0.2, -0.15) is 0 Å². The first-order chi connectivity index (χ1) is 5.70. The van der Waals surface area contributed by atoms with Gasteiger partial charge < -0.3 is 0 Å². The SMILES string of the molecule is CCCCCC(BC(C)C)CC. The van der Waals surface area contributed by atoms with E-state index in [-0.39, 0.29) is 0 Å². The van der Waals surface area contributed by atoms with Crippen LogP contribution in [0.25, 0.3) is 0 Å². The predicted octanol–water partition coefficient (Wildman–Crippen LogP) is 4.03. The van der Waals surface area contributed by atoms with E-state index in [9.17, 15) is 0 Å². The van der Waals surface area contributed by atoms with Gasteiger partial charge in [-0.3, -0.25) is 0 Å². The lowest BCUT2D eigenvalue weighted by molar-refractivity contribution is 0.616. The van der Waals surface area contributed by atoms with Gasteiger partial charge in [0.1, 0.15) is 7.28 Å². The molecule has 0 saturated heterocycles. The van der Waals surface area contributed by atoms with Crippen molar-refractivity contribution >= 4 is 7.28 Å². The molecule has 0 bridgehead atoms. The third kappa shape index (κ3) is 6.76. The van der Waals surface area contributed by atoms with Crippen LogP contribution in [-0.4, -0.2) is 7.28 Å². The van der Waals surface area contributed by atoms with E-state index in [0.717, 1.165) is 11.6 Å².